The number of nitrogens with zero attached hydrogens (tertiary/aromatic N) is 3. The predicted molar refractivity (Wildman–Crippen MR) is 111 cm³/mol. The lowest BCUT2D eigenvalue weighted by Gasteiger charge is -2.25. The number of aliphatic imine (C=N–C) groups is 2. The Labute approximate surface area is 166 Å². The highest BCUT2D eigenvalue weighted by atomic mass is 32.2. The van der Waals surface area contributed by atoms with Crippen molar-refractivity contribution in [1.82, 2.24) is 5.32 Å². The molecule has 0 fully saturated rings. The molecule has 0 amide bonds. The molecule has 2 aliphatic heterocycles. The molecular weight excluding hydrogens is 376 g/mol. The molecule has 8 heteroatoms. The molecule has 3 unspecified atom stereocenters. The Morgan fingerprint density at radius 3 is 2.68 bits per heavy atom. The molecule has 7 nitrogen and oxygen atoms in total. The summed E-state index contributed by atoms with van der Waals surface area (Å²) in [6, 6.07) is 16.0. The molecule has 142 valence electrons. The fourth-order valence-electron chi connectivity index (χ4n) is 3.25. The number of aliphatic hydroxyl groups excluding tert-OH is 1. The minimum atomic E-state index is -0.842. The molecule has 2 aromatic rings. The third-order valence-corrected chi connectivity index (χ3v) is 5.78. The molecule has 2 N–H and O–H groups in total. The minimum absolute atomic E-state index is 0.00135. The van der Waals surface area contributed by atoms with Crippen molar-refractivity contribution in [3.8, 4) is 0 Å². The van der Waals surface area contributed by atoms with E-state index in [-0.39, 0.29) is 23.5 Å². The topological polar surface area (TPSA) is 100 Å². The largest absolute Gasteiger partial charge is 0.386 e. The van der Waals surface area contributed by atoms with Crippen molar-refractivity contribution in [2.45, 2.75) is 11.5 Å². The third-order valence-electron chi connectivity index (χ3n) is 4.71. The second-order valence-corrected chi connectivity index (χ2v) is 7.45. The molecule has 0 spiro atoms. The number of non-ortho nitro benzene ring substituents is 1. The van der Waals surface area contributed by atoms with Crippen molar-refractivity contribution in [3.05, 3.63) is 81.2 Å². The van der Waals surface area contributed by atoms with Crippen LogP contribution in [0.25, 0.3) is 5.57 Å². The maximum atomic E-state index is 10.8. The predicted octanol–water partition coefficient (Wildman–Crippen LogP) is 3.39. The Bertz CT molecular complexity index is 957. The summed E-state index contributed by atoms with van der Waals surface area (Å²) in [7, 11) is 0. The molecule has 0 aromatic heterocycles. The number of amidine groups is 1. The van der Waals surface area contributed by atoms with E-state index in [4.69, 9.17) is 0 Å². The van der Waals surface area contributed by atoms with Gasteiger partial charge in [-0.2, -0.15) is 0 Å². The Morgan fingerprint density at radius 2 is 1.96 bits per heavy atom. The van der Waals surface area contributed by atoms with Crippen molar-refractivity contribution in [3.63, 3.8) is 0 Å². The third kappa shape index (κ3) is 3.69. The van der Waals surface area contributed by atoms with Crippen molar-refractivity contribution < 1.29 is 10.0 Å². The number of rotatable bonds is 5. The van der Waals surface area contributed by atoms with Gasteiger partial charge in [0, 0.05) is 12.1 Å². The van der Waals surface area contributed by atoms with E-state index in [2.05, 4.69) is 32.8 Å². The molecular formula is C20H18N4O3S. The number of nitro groups is 1. The molecule has 2 heterocycles. The highest BCUT2D eigenvalue weighted by Crippen LogP contribution is 2.43. The zero-order chi connectivity index (χ0) is 19.5. The number of aliphatic hydroxyl groups is 1. The van der Waals surface area contributed by atoms with Gasteiger partial charge in [-0.15, -0.1) is 11.8 Å². The lowest BCUT2D eigenvalue weighted by molar-refractivity contribution is -0.384. The minimum Gasteiger partial charge on any atom is -0.386 e. The van der Waals surface area contributed by atoms with Crippen LogP contribution in [-0.2, 0) is 0 Å². The number of thioether (sulfide) groups is 1. The number of benzene rings is 2. The maximum Gasteiger partial charge on any atom is 0.269 e. The summed E-state index contributed by atoms with van der Waals surface area (Å²) in [5.41, 5.74) is 2.88. The number of hydrogen-bond acceptors (Lipinski definition) is 6. The lowest BCUT2D eigenvalue weighted by atomic mass is 9.92. The average Bonchev–Trinajstić information content (AvgIpc) is 3.17. The van der Waals surface area contributed by atoms with Crippen molar-refractivity contribution in [2.75, 3.05) is 6.54 Å². The van der Waals surface area contributed by atoms with E-state index in [9.17, 15) is 15.2 Å². The summed E-state index contributed by atoms with van der Waals surface area (Å²) < 4.78 is 0. The van der Waals surface area contributed by atoms with Crippen LogP contribution in [0.2, 0.25) is 0 Å². The molecule has 0 bridgehead atoms. The van der Waals surface area contributed by atoms with Crippen LogP contribution in [0.5, 0.6) is 0 Å². The van der Waals surface area contributed by atoms with E-state index in [1.54, 1.807) is 30.2 Å². The molecule has 4 rings (SSSR count). The number of hydrogen-bond donors (Lipinski definition) is 2. The number of fused-ring (bicyclic) bond motifs is 1. The van der Waals surface area contributed by atoms with Crippen LogP contribution in [-0.4, -0.2) is 34.1 Å². The van der Waals surface area contributed by atoms with E-state index in [0.717, 1.165) is 17.0 Å². The van der Waals surface area contributed by atoms with Gasteiger partial charge in [-0.1, -0.05) is 30.3 Å². The summed E-state index contributed by atoms with van der Waals surface area (Å²) in [4.78, 5) is 19.4. The van der Waals surface area contributed by atoms with Crippen LogP contribution in [0.1, 0.15) is 17.2 Å². The first-order chi connectivity index (χ1) is 13.6. The highest BCUT2D eigenvalue weighted by Gasteiger charge is 2.36. The van der Waals surface area contributed by atoms with Crippen LogP contribution in [0.15, 0.2) is 70.0 Å². The zero-order valence-electron chi connectivity index (χ0n) is 14.8. The van der Waals surface area contributed by atoms with E-state index < -0.39 is 11.0 Å². The summed E-state index contributed by atoms with van der Waals surface area (Å²) in [6.45, 7) is 0.157. The summed E-state index contributed by atoms with van der Waals surface area (Å²) in [6.07, 6.45) is 0.804. The quantitative estimate of drug-likeness (QED) is 0.598. The standard InChI is InChI=1S/C20H18N4O3S/c25-17(14-6-8-15(9-7-14)24(26)27)10-21-19-18-16(13-4-2-1-3-5-13)11-28-20(18)23-12-22-19/h1-9,11-12,17-18,20,25H,10H2,(H,21,22,23). The second-order valence-electron chi connectivity index (χ2n) is 6.46. The normalized spacial score (nSPS) is 23.0. The summed E-state index contributed by atoms with van der Waals surface area (Å²) >= 11 is 1.66. The monoisotopic (exact) mass is 394 g/mol. The van der Waals surface area contributed by atoms with Gasteiger partial charge in [-0.25, -0.2) is 0 Å². The molecule has 0 saturated carbocycles. The number of nitrogens with one attached hydrogen (secondary N) is 1. The van der Waals surface area contributed by atoms with E-state index >= 15 is 0 Å². The van der Waals surface area contributed by atoms with Crippen molar-refractivity contribution >= 4 is 35.2 Å². The summed E-state index contributed by atoms with van der Waals surface area (Å²) in [5, 5.41) is 26.5. The molecule has 0 radical (unpaired) electrons. The van der Waals surface area contributed by atoms with Gasteiger partial charge in [-0.05, 0) is 34.2 Å². The van der Waals surface area contributed by atoms with Gasteiger partial charge in [0.25, 0.3) is 5.69 Å². The maximum absolute atomic E-state index is 10.8. The highest BCUT2D eigenvalue weighted by molar-refractivity contribution is 8.03. The van der Waals surface area contributed by atoms with Crippen LogP contribution in [0, 0.1) is 16.0 Å². The van der Waals surface area contributed by atoms with Gasteiger partial charge in [-0.3, -0.25) is 20.1 Å². The first-order valence-electron chi connectivity index (χ1n) is 8.79. The Kier molecular flexibility index (Phi) is 5.23. The fraction of sp³-hybridized carbons (Fsp3) is 0.200. The molecule has 3 atom stereocenters. The Balaban J connectivity index is 1.52. The van der Waals surface area contributed by atoms with Gasteiger partial charge in [0.05, 0.1) is 29.8 Å². The van der Waals surface area contributed by atoms with Gasteiger partial charge in [0.1, 0.15) is 11.2 Å². The van der Waals surface area contributed by atoms with Gasteiger partial charge < -0.3 is 10.4 Å². The van der Waals surface area contributed by atoms with Gasteiger partial charge in [0.2, 0.25) is 0 Å². The first-order valence-corrected chi connectivity index (χ1v) is 9.73. The second kappa shape index (κ2) is 7.95. The van der Waals surface area contributed by atoms with Crippen LogP contribution >= 0.6 is 11.8 Å². The fourth-order valence-corrected chi connectivity index (χ4v) is 4.38. The van der Waals surface area contributed by atoms with E-state index in [1.807, 2.05) is 18.2 Å². The lowest BCUT2D eigenvalue weighted by Crippen LogP contribution is -2.39. The zero-order valence-corrected chi connectivity index (χ0v) is 15.6. The van der Waals surface area contributed by atoms with Crippen molar-refractivity contribution in [1.29, 1.82) is 0 Å². The van der Waals surface area contributed by atoms with Crippen LogP contribution in [0.4, 0.5) is 5.69 Å². The molecule has 0 aliphatic carbocycles. The van der Waals surface area contributed by atoms with E-state index in [0.29, 0.717) is 5.56 Å². The van der Waals surface area contributed by atoms with Gasteiger partial charge in [0.15, 0.2) is 0 Å². The molecule has 28 heavy (non-hydrogen) atoms. The van der Waals surface area contributed by atoms with Gasteiger partial charge >= 0.3 is 0 Å². The van der Waals surface area contributed by atoms with Crippen LogP contribution in [0.3, 0.4) is 0 Å². The van der Waals surface area contributed by atoms with Crippen molar-refractivity contribution in [2.24, 2.45) is 15.9 Å². The molecule has 2 aromatic carbocycles. The first kappa shape index (κ1) is 18.4. The molecule has 0 saturated heterocycles. The Morgan fingerprint density at radius 1 is 1.21 bits per heavy atom. The molecule has 2 aliphatic rings. The Hall–Kier alpha value is -2.97. The average molecular weight is 394 g/mol. The SMILES string of the molecule is O=[N+]([O-])c1ccc(C(O)CN=C2NC=NC3SC=C(c4ccccc4)C23)cc1. The number of nitro benzene ring substituents is 1. The summed E-state index contributed by atoms with van der Waals surface area (Å²) in [5.74, 6) is 0.766. The smallest absolute Gasteiger partial charge is 0.269 e. The van der Waals surface area contributed by atoms with E-state index in [1.165, 1.54) is 12.1 Å². The van der Waals surface area contributed by atoms with Crippen LogP contribution < -0.4 is 5.32 Å².